The fourth-order valence-electron chi connectivity index (χ4n) is 4.89. The number of hydrogen-bond donors (Lipinski definition) is 3. The Hall–Kier alpha value is -4.27. The van der Waals surface area contributed by atoms with Crippen LogP contribution in [0.3, 0.4) is 0 Å². The second-order valence-corrected chi connectivity index (χ2v) is 8.90. The summed E-state index contributed by atoms with van der Waals surface area (Å²) in [5, 5.41) is 8.34. The van der Waals surface area contributed by atoms with Gasteiger partial charge in [-0.3, -0.25) is 4.79 Å². The molecule has 1 fully saturated rings. The van der Waals surface area contributed by atoms with Crippen molar-refractivity contribution in [1.29, 1.82) is 0 Å². The van der Waals surface area contributed by atoms with Gasteiger partial charge in [-0.1, -0.05) is 18.2 Å². The highest BCUT2D eigenvalue weighted by Crippen LogP contribution is 2.35. The number of methoxy groups -OCH3 is 1. The van der Waals surface area contributed by atoms with Gasteiger partial charge in [-0.2, -0.15) is 0 Å². The second-order valence-electron chi connectivity index (χ2n) is 8.90. The smallest absolute Gasteiger partial charge is 0.323 e. The molecular weight excluding hydrogens is 446 g/mol. The number of nitrogens with one attached hydrogen (secondary N) is 3. The molecule has 0 radical (unpaired) electrons. The van der Waals surface area contributed by atoms with Gasteiger partial charge in [0.2, 0.25) is 0 Å². The lowest BCUT2D eigenvalue weighted by atomic mass is 9.83. The van der Waals surface area contributed by atoms with Crippen molar-refractivity contribution in [3.8, 4) is 5.75 Å². The molecule has 1 aromatic heterocycles. The van der Waals surface area contributed by atoms with E-state index in [1.54, 1.807) is 54.1 Å². The monoisotopic (exact) mass is 473 g/mol. The maximum atomic E-state index is 13.2. The maximum absolute atomic E-state index is 13.2. The Balaban J connectivity index is 1.27. The van der Waals surface area contributed by atoms with E-state index in [-0.39, 0.29) is 29.1 Å². The van der Waals surface area contributed by atoms with Crippen molar-refractivity contribution in [2.75, 3.05) is 36.1 Å². The third-order valence-corrected chi connectivity index (χ3v) is 6.51. The molecule has 9 nitrogen and oxygen atoms in total. The zero-order valence-corrected chi connectivity index (χ0v) is 19.4. The van der Waals surface area contributed by atoms with E-state index < -0.39 is 6.03 Å². The molecule has 180 valence electrons. The van der Waals surface area contributed by atoms with E-state index in [9.17, 15) is 14.4 Å². The van der Waals surface area contributed by atoms with Gasteiger partial charge in [-0.05, 0) is 60.9 Å². The summed E-state index contributed by atoms with van der Waals surface area (Å²) in [6.07, 6.45) is 0.924. The molecule has 0 saturated carbocycles. The summed E-state index contributed by atoms with van der Waals surface area (Å²) >= 11 is 0. The average molecular weight is 474 g/mol. The van der Waals surface area contributed by atoms with Gasteiger partial charge in [-0.15, -0.1) is 0 Å². The normalized spacial score (nSPS) is 18.3. The predicted molar refractivity (Wildman–Crippen MR) is 134 cm³/mol. The largest absolute Gasteiger partial charge is 0.497 e. The summed E-state index contributed by atoms with van der Waals surface area (Å²) in [6, 6.07) is 19.2. The van der Waals surface area contributed by atoms with Crippen molar-refractivity contribution in [2.24, 2.45) is 5.92 Å². The Morgan fingerprint density at radius 1 is 0.857 bits per heavy atom. The van der Waals surface area contributed by atoms with Crippen LogP contribution in [-0.2, 0) is 6.54 Å². The van der Waals surface area contributed by atoms with E-state index in [0.29, 0.717) is 31.0 Å². The van der Waals surface area contributed by atoms with Crippen molar-refractivity contribution < 1.29 is 14.3 Å². The summed E-state index contributed by atoms with van der Waals surface area (Å²) in [7, 11) is 1.60. The zero-order valence-electron chi connectivity index (χ0n) is 19.4. The molecule has 2 aliphatic rings. The number of carbonyl (C=O) groups is 2. The fourth-order valence-corrected chi connectivity index (χ4v) is 4.89. The Bertz CT molecular complexity index is 1290. The summed E-state index contributed by atoms with van der Waals surface area (Å²) in [5.41, 5.74) is 2.24. The highest BCUT2D eigenvalue weighted by Gasteiger charge is 2.36. The third kappa shape index (κ3) is 4.84. The molecule has 2 aliphatic heterocycles. The second kappa shape index (κ2) is 9.54. The number of amides is 4. The molecule has 4 amide bonds. The number of likely N-dealkylation sites (tertiary alicyclic amines) is 1. The van der Waals surface area contributed by atoms with E-state index in [0.717, 1.165) is 17.9 Å². The standard InChI is InChI=1S/C26H27N5O4/c1-35-21-9-7-20(8-10-21)28-26(34)30-14-17-13-18(16-30)23-12-11-22(24(32)31(23)15-17)29-25(33)27-19-5-3-2-4-6-19/h2-12,17-18H,13-16H2,1H3,(H,28,34)(H2,27,29,33). The van der Waals surface area contributed by atoms with Crippen LogP contribution < -0.4 is 26.2 Å². The molecular formula is C26H27N5O4. The topological polar surface area (TPSA) is 105 Å². The quantitative estimate of drug-likeness (QED) is 0.529. The number of pyridine rings is 1. The van der Waals surface area contributed by atoms with Gasteiger partial charge in [0, 0.05) is 42.6 Å². The summed E-state index contributed by atoms with van der Waals surface area (Å²) in [6.45, 7) is 1.60. The number of rotatable bonds is 4. The van der Waals surface area contributed by atoms with Crippen molar-refractivity contribution in [2.45, 2.75) is 18.9 Å². The van der Waals surface area contributed by atoms with Crippen LogP contribution in [0.15, 0.2) is 71.5 Å². The van der Waals surface area contributed by atoms with Gasteiger partial charge in [0.25, 0.3) is 5.56 Å². The van der Waals surface area contributed by atoms with Crippen LogP contribution >= 0.6 is 0 Å². The summed E-state index contributed by atoms with van der Waals surface area (Å²) in [5.74, 6) is 0.946. The first-order chi connectivity index (χ1) is 17.0. The van der Waals surface area contributed by atoms with Crippen molar-refractivity contribution in [3.05, 3.63) is 82.8 Å². The zero-order chi connectivity index (χ0) is 24.4. The molecule has 35 heavy (non-hydrogen) atoms. The Morgan fingerprint density at radius 2 is 1.60 bits per heavy atom. The molecule has 2 unspecified atom stereocenters. The van der Waals surface area contributed by atoms with Crippen molar-refractivity contribution in [3.63, 3.8) is 0 Å². The SMILES string of the molecule is COc1ccc(NC(=O)N2CC3CC(C2)c2ccc(NC(=O)Nc4ccccc4)c(=O)n2C3)cc1. The van der Waals surface area contributed by atoms with E-state index >= 15 is 0 Å². The maximum Gasteiger partial charge on any atom is 0.323 e. The van der Waals surface area contributed by atoms with Gasteiger partial charge in [0.05, 0.1) is 7.11 Å². The Kier molecular flexibility index (Phi) is 6.13. The molecule has 3 N–H and O–H groups in total. The minimum absolute atomic E-state index is 0.0593. The summed E-state index contributed by atoms with van der Waals surface area (Å²) < 4.78 is 6.91. The van der Waals surface area contributed by atoms with Gasteiger partial charge in [0.1, 0.15) is 11.4 Å². The van der Waals surface area contributed by atoms with Crippen molar-refractivity contribution in [1.82, 2.24) is 9.47 Å². The third-order valence-electron chi connectivity index (χ3n) is 6.51. The van der Waals surface area contributed by atoms with E-state index in [2.05, 4.69) is 16.0 Å². The minimum atomic E-state index is -0.466. The van der Waals surface area contributed by atoms with Gasteiger partial charge in [-0.25, -0.2) is 9.59 Å². The number of anilines is 3. The molecule has 2 atom stereocenters. The lowest BCUT2D eigenvalue weighted by molar-refractivity contribution is 0.139. The number of hydrogen-bond acceptors (Lipinski definition) is 4. The number of para-hydroxylation sites is 1. The first-order valence-corrected chi connectivity index (χ1v) is 11.6. The Labute approximate surface area is 202 Å². The first kappa shape index (κ1) is 22.5. The fraction of sp³-hybridized carbons (Fsp3) is 0.269. The minimum Gasteiger partial charge on any atom is -0.497 e. The van der Waals surface area contributed by atoms with E-state index in [1.165, 1.54) is 0 Å². The highest BCUT2D eigenvalue weighted by atomic mass is 16.5. The average Bonchev–Trinajstić information content (AvgIpc) is 2.87. The molecule has 0 aliphatic carbocycles. The number of urea groups is 2. The van der Waals surface area contributed by atoms with Crippen LogP contribution in [0, 0.1) is 5.92 Å². The molecule has 2 aromatic carbocycles. The highest BCUT2D eigenvalue weighted by molar-refractivity contribution is 5.99. The predicted octanol–water partition coefficient (Wildman–Crippen LogP) is 4.15. The lowest BCUT2D eigenvalue weighted by Gasteiger charge is -2.42. The van der Waals surface area contributed by atoms with E-state index in [4.69, 9.17) is 4.74 Å². The van der Waals surface area contributed by atoms with Gasteiger partial charge in [0.15, 0.2) is 0 Å². The number of piperidine rings is 1. The number of carbonyl (C=O) groups excluding carboxylic acids is 2. The number of ether oxygens (including phenoxy) is 1. The van der Waals surface area contributed by atoms with E-state index in [1.807, 2.05) is 29.2 Å². The van der Waals surface area contributed by atoms with Gasteiger partial charge >= 0.3 is 12.1 Å². The van der Waals surface area contributed by atoms with Crippen LogP contribution in [0.25, 0.3) is 0 Å². The first-order valence-electron chi connectivity index (χ1n) is 11.6. The van der Waals surface area contributed by atoms with Crippen LogP contribution in [0.4, 0.5) is 26.7 Å². The van der Waals surface area contributed by atoms with Crippen molar-refractivity contribution >= 4 is 29.1 Å². The number of fused-ring (bicyclic) bond motifs is 4. The Morgan fingerprint density at radius 3 is 2.34 bits per heavy atom. The molecule has 0 spiro atoms. The molecule has 3 heterocycles. The summed E-state index contributed by atoms with van der Waals surface area (Å²) in [4.78, 5) is 40.3. The lowest BCUT2D eigenvalue weighted by Crippen LogP contribution is -2.50. The van der Waals surface area contributed by atoms with Crippen LogP contribution in [0.2, 0.25) is 0 Å². The van der Waals surface area contributed by atoms with Gasteiger partial charge < -0.3 is 30.2 Å². The molecule has 9 heteroatoms. The van der Waals surface area contributed by atoms with Crippen LogP contribution in [-0.4, -0.2) is 41.7 Å². The molecule has 5 rings (SSSR count). The molecule has 1 saturated heterocycles. The number of benzene rings is 2. The van der Waals surface area contributed by atoms with Crippen LogP contribution in [0.5, 0.6) is 5.75 Å². The number of nitrogens with zero attached hydrogens (tertiary/aromatic N) is 2. The van der Waals surface area contributed by atoms with Crippen LogP contribution in [0.1, 0.15) is 18.0 Å². The molecule has 3 aromatic rings. The number of aromatic nitrogens is 1. The molecule has 2 bridgehead atoms.